The Morgan fingerprint density at radius 1 is 1.35 bits per heavy atom. The molecule has 0 amide bonds. The van der Waals surface area contributed by atoms with Crippen LogP contribution in [0.1, 0.15) is 50.7 Å². The first-order valence-corrected chi connectivity index (χ1v) is 7.76. The molecule has 1 fully saturated rings. The minimum atomic E-state index is -0.874. The second kappa shape index (κ2) is 7.39. The van der Waals surface area contributed by atoms with E-state index in [0.29, 0.717) is 23.1 Å². The van der Waals surface area contributed by atoms with E-state index in [-0.39, 0.29) is 11.9 Å². The lowest BCUT2D eigenvalue weighted by molar-refractivity contribution is -0.0739. The first-order valence-electron chi connectivity index (χ1n) is 7.38. The predicted octanol–water partition coefficient (Wildman–Crippen LogP) is 4.50. The normalized spacial score (nSPS) is 19.8. The fraction of sp³-hybridized carbons (Fsp3) is 0.625. The molecule has 2 rings (SSSR count). The summed E-state index contributed by atoms with van der Waals surface area (Å²) >= 11 is 6.09. The zero-order valence-electron chi connectivity index (χ0n) is 11.8. The Labute approximate surface area is 124 Å². The smallest absolute Gasteiger partial charge is 0.123 e. The molecule has 0 bridgehead atoms. The van der Waals surface area contributed by atoms with E-state index in [2.05, 4.69) is 0 Å². The van der Waals surface area contributed by atoms with Crippen molar-refractivity contribution in [1.82, 2.24) is 0 Å². The fourth-order valence-corrected chi connectivity index (χ4v) is 3.29. The van der Waals surface area contributed by atoms with Crippen molar-refractivity contribution in [1.29, 1.82) is 0 Å². The van der Waals surface area contributed by atoms with Crippen LogP contribution in [0.5, 0.6) is 0 Å². The Morgan fingerprint density at radius 2 is 2.05 bits per heavy atom. The molecule has 1 N–H and O–H groups in total. The molecule has 2 unspecified atom stereocenters. The van der Waals surface area contributed by atoms with Crippen molar-refractivity contribution < 1.29 is 14.2 Å². The monoisotopic (exact) mass is 300 g/mol. The third-order valence-corrected chi connectivity index (χ3v) is 4.41. The molecule has 1 aliphatic carbocycles. The fourth-order valence-electron chi connectivity index (χ4n) is 3.06. The molecule has 0 heterocycles. The van der Waals surface area contributed by atoms with Gasteiger partial charge in [0.1, 0.15) is 11.9 Å². The Kier molecular flexibility index (Phi) is 5.82. The van der Waals surface area contributed by atoms with Crippen molar-refractivity contribution in [2.45, 2.75) is 51.2 Å². The Balaban J connectivity index is 2.20. The summed E-state index contributed by atoms with van der Waals surface area (Å²) in [7, 11) is 0. The summed E-state index contributed by atoms with van der Waals surface area (Å²) in [5.41, 5.74) is 0.427. The summed E-state index contributed by atoms with van der Waals surface area (Å²) in [5, 5.41) is 11.0. The van der Waals surface area contributed by atoms with Crippen LogP contribution in [0.25, 0.3) is 0 Å². The van der Waals surface area contributed by atoms with Gasteiger partial charge in [0.2, 0.25) is 0 Å². The average Bonchev–Trinajstić information content (AvgIpc) is 2.47. The minimum absolute atomic E-state index is 0.306. The zero-order chi connectivity index (χ0) is 14.5. The van der Waals surface area contributed by atoms with Crippen LogP contribution in [0.4, 0.5) is 4.39 Å². The number of hydrogen-bond donors (Lipinski definition) is 1. The largest absolute Gasteiger partial charge is 0.386 e. The van der Waals surface area contributed by atoms with Gasteiger partial charge in [-0.05, 0) is 43.9 Å². The minimum Gasteiger partial charge on any atom is -0.386 e. The molecule has 1 aromatic carbocycles. The number of aliphatic hydroxyl groups excluding tert-OH is 1. The molecule has 0 saturated heterocycles. The Morgan fingerprint density at radius 3 is 2.70 bits per heavy atom. The van der Waals surface area contributed by atoms with Crippen LogP contribution >= 0.6 is 11.6 Å². The van der Waals surface area contributed by atoms with Crippen LogP contribution < -0.4 is 0 Å². The molecular formula is C16H22ClFO2. The van der Waals surface area contributed by atoms with E-state index in [1.54, 1.807) is 0 Å². The van der Waals surface area contributed by atoms with Gasteiger partial charge in [0.05, 0.1) is 6.10 Å². The van der Waals surface area contributed by atoms with Crippen LogP contribution in [0.2, 0.25) is 5.02 Å². The van der Waals surface area contributed by atoms with Gasteiger partial charge in [-0.1, -0.05) is 30.9 Å². The number of rotatable bonds is 5. The van der Waals surface area contributed by atoms with Gasteiger partial charge in [0, 0.05) is 17.2 Å². The molecule has 0 aromatic heterocycles. The molecule has 2 nitrogen and oxygen atoms in total. The van der Waals surface area contributed by atoms with Crippen LogP contribution in [0, 0.1) is 11.7 Å². The van der Waals surface area contributed by atoms with Gasteiger partial charge in [-0.3, -0.25) is 0 Å². The van der Waals surface area contributed by atoms with Crippen LogP contribution in [-0.4, -0.2) is 17.8 Å². The maximum absolute atomic E-state index is 13.4. The highest BCUT2D eigenvalue weighted by molar-refractivity contribution is 6.31. The Bertz CT molecular complexity index is 432. The summed E-state index contributed by atoms with van der Waals surface area (Å²) < 4.78 is 19.1. The highest BCUT2D eigenvalue weighted by Gasteiger charge is 2.32. The maximum atomic E-state index is 13.4. The third kappa shape index (κ3) is 3.72. The van der Waals surface area contributed by atoms with Gasteiger partial charge in [0.25, 0.3) is 0 Å². The van der Waals surface area contributed by atoms with E-state index in [1.165, 1.54) is 24.6 Å². The van der Waals surface area contributed by atoms with Crippen LogP contribution in [0.15, 0.2) is 18.2 Å². The average molecular weight is 301 g/mol. The molecule has 0 aliphatic heterocycles. The maximum Gasteiger partial charge on any atom is 0.123 e. The highest BCUT2D eigenvalue weighted by Crippen LogP contribution is 2.36. The molecule has 112 valence electrons. The number of ether oxygens (including phenoxy) is 1. The van der Waals surface area contributed by atoms with Crippen molar-refractivity contribution in [2.75, 3.05) is 6.61 Å². The first-order chi connectivity index (χ1) is 9.63. The van der Waals surface area contributed by atoms with Gasteiger partial charge in [-0.15, -0.1) is 0 Å². The van der Waals surface area contributed by atoms with Crippen molar-refractivity contribution in [3.63, 3.8) is 0 Å². The number of hydrogen-bond acceptors (Lipinski definition) is 2. The third-order valence-electron chi connectivity index (χ3n) is 4.06. The summed E-state index contributed by atoms with van der Waals surface area (Å²) in [6.45, 7) is 2.45. The van der Waals surface area contributed by atoms with E-state index in [9.17, 15) is 9.50 Å². The molecule has 20 heavy (non-hydrogen) atoms. The molecule has 4 heteroatoms. The standard InChI is InChI=1S/C16H22ClFO2/c1-2-20-16(11-6-4-3-5-7-11)15(19)13-10-12(18)8-9-14(13)17/h8-11,15-16,19H,2-7H2,1H3. The van der Waals surface area contributed by atoms with Crippen molar-refractivity contribution in [3.05, 3.63) is 34.6 Å². The van der Waals surface area contributed by atoms with E-state index in [1.807, 2.05) is 6.92 Å². The topological polar surface area (TPSA) is 29.5 Å². The van der Waals surface area contributed by atoms with Gasteiger partial charge in [-0.25, -0.2) is 4.39 Å². The SMILES string of the molecule is CCOC(C1CCCCC1)C(O)c1cc(F)ccc1Cl. The van der Waals surface area contributed by atoms with E-state index >= 15 is 0 Å². The van der Waals surface area contributed by atoms with Crippen molar-refractivity contribution >= 4 is 11.6 Å². The van der Waals surface area contributed by atoms with Gasteiger partial charge in [-0.2, -0.15) is 0 Å². The molecule has 0 radical (unpaired) electrons. The van der Waals surface area contributed by atoms with Crippen molar-refractivity contribution in [3.8, 4) is 0 Å². The second-order valence-corrected chi connectivity index (χ2v) is 5.84. The summed E-state index contributed by atoms with van der Waals surface area (Å²) in [4.78, 5) is 0. The molecule has 0 spiro atoms. The van der Waals surface area contributed by atoms with Crippen molar-refractivity contribution in [2.24, 2.45) is 5.92 Å². The number of aliphatic hydroxyl groups is 1. The molecule has 1 aromatic rings. The van der Waals surface area contributed by atoms with Crippen LogP contribution in [-0.2, 0) is 4.74 Å². The second-order valence-electron chi connectivity index (χ2n) is 5.43. The summed E-state index contributed by atoms with van der Waals surface area (Å²) in [6.07, 6.45) is 4.49. The quantitative estimate of drug-likeness (QED) is 0.867. The van der Waals surface area contributed by atoms with E-state index in [4.69, 9.17) is 16.3 Å². The predicted molar refractivity (Wildman–Crippen MR) is 78.4 cm³/mol. The van der Waals surface area contributed by atoms with Crippen LogP contribution in [0.3, 0.4) is 0 Å². The van der Waals surface area contributed by atoms with Gasteiger partial charge < -0.3 is 9.84 Å². The molecule has 2 atom stereocenters. The highest BCUT2D eigenvalue weighted by atomic mass is 35.5. The van der Waals surface area contributed by atoms with E-state index in [0.717, 1.165) is 25.7 Å². The summed E-state index contributed by atoms with van der Waals surface area (Å²) in [5.74, 6) is -0.0691. The number of halogens is 2. The Hall–Kier alpha value is -0.640. The molecule has 1 aliphatic rings. The lowest BCUT2D eigenvalue weighted by atomic mass is 9.82. The lowest BCUT2D eigenvalue weighted by Crippen LogP contribution is -2.32. The number of benzene rings is 1. The molecule has 1 saturated carbocycles. The van der Waals surface area contributed by atoms with E-state index < -0.39 is 6.10 Å². The zero-order valence-corrected chi connectivity index (χ0v) is 12.6. The van der Waals surface area contributed by atoms with Gasteiger partial charge >= 0.3 is 0 Å². The summed E-state index contributed by atoms with van der Waals surface area (Å²) in [6, 6.07) is 4.09. The lowest BCUT2D eigenvalue weighted by Gasteiger charge is -2.33. The molecular weight excluding hydrogens is 279 g/mol. The first kappa shape index (κ1) is 15.7. The van der Waals surface area contributed by atoms with Gasteiger partial charge in [0.15, 0.2) is 0 Å².